The molecule has 5 nitrogen and oxygen atoms in total. The Balaban J connectivity index is 2.28. The molecule has 0 spiro atoms. The van der Waals surface area contributed by atoms with Crippen molar-refractivity contribution in [3.05, 3.63) is 0 Å². The Kier molecular flexibility index (Phi) is 5.88. The highest BCUT2D eigenvalue weighted by Gasteiger charge is 2.32. The van der Waals surface area contributed by atoms with Gasteiger partial charge in [-0.15, -0.1) is 0 Å². The fourth-order valence-electron chi connectivity index (χ4n) is 2.26. The second-order valence-corrected chi connectivity index (χ2v) is 5.00. The molecule has 0 aromatic carbocycles. The van der Waals surface area contributed by atoms with Crippen molar-refractivity contribution in [2.24, 2.45) is 5.92 Å². The highest BCUT2D eigenvalue weighted by Crippen LogP contribution is 2.26. The Morgan fingerprint density at radius 1 is 1.33 bits per heavy atom. The number of carbonyl (C=O) groups excluding carboxylic acids is 1. The Morgan fingerprint density at radius 2 is 1.89 bits per heavy atom. The highest BCUT2D eigenvalue weighted by atomic mass is 16.7. The van der Waals surface area contributed by atoms with E-state index in [1.54, 1.807) is 4.90 Å². The number of nitrogens with one attached hydrogen (secondary N) is 1. The van der Waals surface area contributed by atoms with E-state index in [1.165, 1.54) is 0 Å². The lowest BCUT2D eigenvalue weighted by atomic mass is 10.0. The molecule has 1 fully saturated rings. The second kappa shape index (κ2) is 6.95. The number of urea groups is 1. The predicted molar refractivity (Wildman–Crippen MR) is 70.4 cm³/mol. The van der Waals surface area contributed by atoms with Gasteiger partial charge in [-0.25, -0.2) is 4.79 Å². The molecule has 1 saturated heterocycles. The summed E-state index contributed by atoms with van der Waals surface area (Å²) in [5.74, 6) is -0.146. The van der Waals surface area contributed by atoms with Gasteiger partial charge in [0.05, 0.1) is 13.2 Å². The molecule has 106 valence electrons. The van der Waals surface area contributed by atoms with Crippen molar-refractivity contribution in [2.45, 2.75) is 39.9 Å². The Bertz CT molecular complexity index is 261. The molecule has 1 aliphatic rings. The van der Waals surface area contributed by atoms with E-state index < -0.39 is 5.79 Å². The minimum Gasteiger partial charge on any atom is -0.348 e. The molecule has 0 bridgehead atoms. The van der Waals surface area contributed by atoms with Crippen LogP contribution in [0.3, 0.4) is 0 Å². The predicted octanol–water partition coefficient (Wildman–Crippen LogP) is 1.83. The fraction of sp³-hybridized carbons (Fsp3) is 0.923. The molecule has 1 heterocycles. The van der Waals surface area contributed by atoms with E-state index in [2.05, 4.69) is 12.2 Å². The number of amides is 2. The summed E-state index contributed by atoms with van der Waals surface area (Å²) < 4.78 is 11.1. The monoisotopic (exact) mass is 258 g/mol. The first-order valence-electron chi connectivity index (χ1n) is 6.81. The van der Waals surface area contributed by atoms with Gasteiger partial charge in [-0.1, -0.05) is 6.92 Å². The molecule has 2 amide bonds. The van der Waals surface area contributed by atoms with Crippen LogP contribution in [0.5, 0.6) is 0 Å². The van der Waals surface area contributed by atoms with Gasteiger partial charge < -0.3 is 19.7 Å². The van der Waals surface area contributed by atoms with Crippen LogP contribution in [0, 0.1) is 5.92 Å². The summed E-state index contributed by atoms with van der Waals surface area (Å²) in [5, 5.41) is 2.95. The average molecular weight is 258 g/mol. The third-order valence-electron chi connectivity index (χ3n) is 3.27. The van der Waals surface area contributed by atoms with Gasteiger partial charge in [-0.05, 0) is 26.7 Å². The summed E-state index contributed by atoms with van der Waals surface area (Å²) >= 11 is 0. The van der Waals surface area contributed by atoms with Crippen molar-refractivity contribution in [1.82, 2.24) is 10.2 Å². The molecule has 1 aliphatic heterocycles. The van der Waals surface area contributed by atoms with Crippen LogP contribution in [0.1, 0.15) is 34.1 Å². The quantitative estimate of drug-likeness (QED) is 0.790. The normalized spacial score (nSPS) is 19.6. The Labute approximate surface area is 110 Å². The number of hydrogen-bond donors (Lipinski definition) is 1. The number of carbonyl (C=O) groups is 1. The molecule has 5 heteroatoms. The summed E-state index contributed by atoms with van der Waals surface area (Å²) in [6.45, 7) is 11.5. The molecule has 0 saturated carbocycles. The fourth-order valence-corrected chi connectivity index (χ4v) is 2.26. The third kappa shape index (κ3) is 4.46. The summed E-state index contributed by atoms with van der Waals surface area (Å²) in [6.07, 6.45) is 0.797. The lowest BCUT2D eigenvalue weighted by Crippen LogP contribution is -2.42. The minimum absolute atomic E-state index is 0.00487. The van der Waals surface area contributed by atoms with Crippen LogP contribution in [0.4, 0.5) is 4.79 Å². The van der Waals surface area contributed by atoms with Crippen molar-refractivity contribution in [3.63, 3.8) is 0 Å². The Morgan fingerprint density at radius 3 is 2.39 bits per heavy atom. The number of hydrogen-bond acceptors (Lipinski definition) is 3. The van der Waals surface area contributed by atoms with Crippen molar-refractivity contribution < 1.29 is 14.3 Å². The smallest absolute Gasteiger partial charge is 0.317 e. The van der Waals surface area contributed by atoms with E-state index in [0.29, 0.717) is 25.7 Å². The second-order valence-electron chi connectivity index (χ2n) is 5.00. The zero-order chi connectivity index (χ0) is 13.6. The molecule has 18 heavy (non-hydrogen) atoms. The van der Waals surface area contributed by atoms with Gasteiger partial charge in [-0.3, -0.25) is 0 Å². The SMILES string of the molecule is CCN(CC)C(=O)NC[C@@H](C)CC1(C)OCCO1. The van der Waals surface area contributed by atoms with Crippen LogP contribution in [0.25, 0.3) is 0 Å². The number of rotatable bonds is 6. The zero-order valence-electron chi connectivity index (χ0n) is 12.0. The van der Waals surface area contributed by atoms with E-state index >= 15 is 0 Å². The van der Waals surface area contributed by atoms with Gasteiger partial charge in [0.2, 0.25) is 0 Å². The summed E-state index contributed by atoms with van der Waals surface area (Å²) in [5.41, 5.74) is 0. The third-order valence-corrected chi connectivity index (χ3v) is 3.27. The van der Waals surface area contributed by atoms with Gasteiger partial charge >= 0.3 is 6.03 Å². The molecule has 0 aliphatic carbocycles. The summed E-state index contributed by atoms with van der Waals surface area (Å²) in [4.78, 5) is 13.6. The van der Waals surface area contributed by atoms with Crippen LogP contribution >= 0.6 is 0 Å². The summed E-state index contributed by atoms with van der Waals surface area (Å²) in [7, 11) is 0. The average Bonchev–Trinajstić information content (AvgIpc) is 2.74. The maximum Gasteiger partial charge on any atom is 0.317 e. The van der Waals surface area contributed by atoms with E-state index in [1.807, 2.05) is 20.8 Å². The van der Waals surface area contributed by atoms with Crippen LogP contribution in [0.15, 0.2) is 0 Å². The molecule has 0 aromatic heterocycles. The number of ether oxygens (including phenoxy) is 2. The van der Waals surface area contributed by atoms with Gasteiger partial charge in [-0.2, -0.15) is 0 Å². The molecule has 1 N–H and O–H groups in total. The highest BCUT2D eigenvalue weighted by molar-refractivity contribution is 5.74. The van der Waals surface area contributed by atoms with Crippen molar-refractivity contribution >= 4 is 6.03 Å². The molecule has 0 unspecified atom stereocenters. The zero-order valence-corrected chi connectivity index (χ0v) is 12.0. The van der Waals surface area contributed by atoms with Crippen molar-refractivity contribution in [3.8, 4) is 0 Å². The van der Waals surface area contributed by atoms with Crippen LogP contribution < -0.4 is 5.32 Å². The maximum atomic E-state index is 11.8. The molecule has 0 radical (unpaired) electrons. The van der Waals surface area contributed by atoms with E-state index in [-0.39, 0.29) is 6.03 Å². The minimum atomic E-state index is -0.473. The molecule has 1 atom stereocenters. The lowest BCUT2D eigenvalue weighted by molar-refractivity contribution is -0.153. The number of nitrogens with zero attached hydrogens (tertiary/aromatic N) is 1. The molecule has 0 aromatic rings. The van der Waals surface area contributed by atoms with E-state index in [0.717, 1.165) is 19.5 Å². The Hall–Kier alpha value is -0.810. The van der Waals surface area contributed by atoms with E-state index in [9.17, 15) is 4.79 Å². The summed E-state index contributed by atoms with van der Waals surface area (Å²) in [6, 6.07) is 0.00487. The van der Waals surface area contributed by atoms with Gasteiger partial charge in [0.15, 0.2) is 5.79 Å². The molecular weight excluding hydrogens is 232 g/mol. The van der Waals surface area contributed by atoms with Gasteiger partial charge in [0.1, 0.15) is 0 Å². The standard InChI is InChI=1S/C13H26N2O3/c1-5-15(6-2)12(16)14-10-11(3)9-13(4)17-7-8-18-13/h11H,5-10H2,1-4H3,(H,14,16)/t11-/m0/s1. The lowest BCUT2D eigenvalue weighted by Gasteiger charge is -2.27. The maximum absolute atomic E-state index is 11.8. The molecule has 1 rings (SSSR count). The first-order valence-corrected chi connectivity index (χ1v) is 6.81. The van der Waals surface area contributed by atoms with Crippen molar-refractivity contribution in [1.29, 1.82) is 0 Å². The van der Waals surface area contributed by atoms with Crippen LogP contribution in [-0.4, -0.2) is 49.6 Å². The van der Waals surface area contributed by atoms with Gasteiger partial charge in [0, 0.05) is 26.1 Å². The van der Waals surface area contributed by atoms with Crippen molar-refractivity contribution in [2.75, 3.05) is 32.8 Å². The first-order chi connectivity index (χ1) is 8.50. The van der Waals surface area contributed by atoms with Crippen LogP contribution in [0.2, 0.25) is 0 Å². The van der Waals surface area contributed by atoms with E-state index in [4.69, 9.17) is 9.47 Å². The molecular formula is C13H26N2O3. The largest absolute Gasteiger partial charge is 0.348 e. The first kappa shape index (κ1) is 15.2. The van der Waals surface area contributed by atoms with Crippen LogP contribution in [-0.2, 0) is 9.47 Å². The topological polar surface area (TPSA) is 50.8 Å². The van der Waals surface area contributed by atoms with Gasteiger partial charge in [0.25, 0.3) is 0 Å².